The molecular formula is C28H25N7. The number of hydrogen-bond donors (Lipinski definition) is 2. The van der Waals surface area contributed by atoms with Crippen molar-refractivity contribution >= 4 is 38.7 Å². The first-order chi connectivity index (χ1) is 17.3. The van der Waals surface area contributed by atoms with Crippen molar-refractivity contribution in [3.05, 3.63) is 66.3 Å². The molecule has 1 unspecified atom stereocenters. The van der Waals surface area contributed by atoms with E-state index in [1.807, 2.05) is 24.5 Å². The number of nitrogens with zero attached hydrogens (tertiary/aromatic N) is 5. The summed E-state index contributed by atoms with van der Waals surface area (Å²) in [6, 6.07) is 10.8. The Morgan fingerprint density at radius 3 is 2.83 bits per heavy atom. The van der Waals surface area contributed by atoms with Gasteiger partial charge in [0.1, 0.15) is 11.5 Å². The highest BCUT2D eigenvalue weighted by atomic mass is 15.3. The van der Waals surface area contributed by atoms with Gasteiger partial charge in [-0.1, -0.05) is 24.6 Å². The van der Waals surface area contributed by atoms with Crippen molar-refractivity contribution in [1.82, 2.24) is 30.2 Å². The number of rotatable bonds is 3. The van der Waals surface area contributed by atoms with Gasteiger partial charge in [0.15, 0.2) is 5.82 Å². The van der Waals surface area contributed by atoms with Crippen LogP contribution in [0.15, 0.2) is 60.7 Å². The fraction of sp³-hybridized carbons (Fsp3) is 0.286. The lowest BCUT2D eigenvalue weighted by molar-refractivity contribution is 0.421. The molecule has 2 N–H and O–H groups in total. The first kappa shape index (κ1) is 19.5. The lowest BCUT2D eigenvalue weighted by Gasteiger charge is -2.29. The molecule has 0 spiro atoms. The molecule has 4 aromatic heterocycles. The van der Waals surface area contributed by atoms with Crippen molar-refractivity contribution in [2.75, 3.05) is 18.0 Å². The molecule has 35 heavy (non-hydrogen) atoms. The molecule has 0 radical (unpaired) electrons. The first-order valence-corrected chi connectivity index (χ1v) is 12.6. The van der Waals surface area contributed by atoms with Gasteiger partial charge in [-0.05, 0) is 49.0 Å². The fourth-order valence-corrected chi connectivity index (χ4v) is 6.10. The van der Waals surface area contributed by atoms with E-state index in [4.69, 9.17) is 9.97 Å². The van der Waals surface area contributed by atoms with Crippen molar-refractivity contribution < 1.29 is 0 Å². The van der Waals surface area contributed by atoms with Crippen LogP contribution in [0, 0.1) is 0 Å². The number of aromatic amines is 1. The quantitative estimate of drug-likeness (QED) is 0.393. The summed E-state index contributed by atoms with van der Waals surface area (Å²) in [5.74, 6) is 2.30. The number of hydrogen-bond acceptors (Lipinski definition) is 6. The molecule has 1 aromatic carbocycles. The molecule has 3 aliphatic rings. The average Bonchev–Trinajstić information content (AvgIpc) is 3.56. The minimum atomic E-state index is 0.415. The van der Waals surface area contributed by atoms with E-state index in [2.05, 4.69) is 55.6 Å². The molecular weight excluding hydrogens is 434 g/mol. The molecule has 8 rings (SSSR count). The number of nitrogens with one attached hydrogen (secondary N) is 2. The Bertz CT molecular complexity index is 1660. The van der Waals surface area contributed by atoms with Gasteiger partial charge in [0, 0.05) is 64.5 Å². The van der Waals surface area contributed by atoms with E-state index in [-0.39, 0.29) is 0 Å². The number of fused-ring (bicyclic) bond motifs is 5. The summed E-state index contributed by atoms with van der Waals surface area (Å²) in [4.78, 5) is 25.6. The van der Waals surface area contributed by atoms with Gasteiger partial charge in [-0.2, -0.15) is 0 Å². The van der Waals surface area contributed by atoms with Crippen LogP contribution in [0.4, 0.5) is 5.82 Å². The Kier molecular flexibility index (Phi) is 4.07. The summed E-state index contributed by atoms with van der Waals surface area (Å²) in [5, 5.41) is 6.99. The Hall–Kier alpha value is -3.84. The molecule has 1 saturated carbocycles. The summed E-state index contributed by atoms with van der Waals surface area (Å²) >= 11 is 0. The van der Waals surface area contributed by atoms with Crippen LogP contribution >= 0.6 is 0 Å². The van der Waals surface area contributed by atoms with E-state index in [0.717, 1.165) is 64.2 Å². The van der Waals surface area contributed by atoms with E-state index in [1.165, 1.54) is 35.9 Å². The van der Waals surface area contributed by atoms with Gasteiger partial charge in [-0.3, -0.25) is 4.98 Å². The van der Waals surface area contributed by atoms with Gasteiger partial charge in [0.25, 0.3) is 0 Å². The minimum Gasteiger partial charge on any atom is -0.339 e. The zero-order chi connectivity index (χ0) is 22.9. The third-order valence-electron chi connectivity index (χ3n) is 8.04. The standard InChI is InChI=1S/C28H25N7/c1-2-7-20-17(6-1)24-18(8-11-31-27(24)32-20)26-33-22-15-29-14-19(16-4-3-5-16)25(22)28(34-26)35-13-10-21-23(35)9-12-30-21/h1-2,6-9,11,14-16,21,30H,3-5,10,12-13H2,(H,31,32). The molecule has 1 saturated heterocycles. The molecule has 6 heterocycles. The minimum absolute atomic E-state index is 0.415. The Labute approximate surface area is 202 Å². The van der Waals surface area contributed by atoms with Gasteiger partial charge in [-0.25, -0.2) is 15.0 Å². The van der Waals surface area contributed by atoms with Crippen molar-refractivity contribution in [3.8, 4) is 11.4 Å². The van der Waals surface area contributed by atoms with Crippen LogP contribution in [0.3, 0.4) is 0 Å². The highest BCUT2D eigenvalue weighted by molar-refractivity contribution is 6.12. The van der Waals surface area contributed by atoms with E-state index >= 15 is 0 Å². The Morgan fingerprint density at radius 1 is 0.971 bits per heavy atom. The summed E-state index contributed by atoms with van der Waals surface area (Å²) in [6.07, 6.45) is 12.9. The maximum Gasteiger partial charge on any atom is 0.163 e. The van der Waals surface area contributed by atoms with Crippen molar-refractivity contribution in [3.63, 3.8) is 0 Å². The van der Waals surface area contributed by atoms with E-state index in [9.17, 15) is 0 Å². The second-order valence-corrected chi connectivity index (χ2v) is 9.90. The van der Waals surface area contributed by atoms with Gasteiger partial charge in [-0.15, -0.1) is 0 Å². The fourth-order valence-electron chi connectivity index (χ4n) is 6.10. The van der Waals surface area contributed by atoms with Gasteiger partial charge in [0.05, 0.1) is 11.7 Å². The third kappa shape index (κ3) is 2.82. The summed E-state index contributed by atoms with van der Waals surface area (Å²) in [5.41, 5.74) is 6.51. The number of benzene rings is 1. The SMILES string of the molecule is C1=C2C(CCN2c2nc(-c3ccnc4[nH]c5ccccc5c34)nc3cncc(C4CCC4)c23)NC1. The molecule has 2 fully saturated rings. The van der Waals surface area contributed by atoms with Crippen LogP contribution in [0.1, 0.15) is 37.2 Å². The monoisotopic (exact) mass is 459 g/mol. The van der Waals surface area contributed by atoms with Gasteiger partial charge in [0.2, 0.25) is 0 Å². The zero-order valence-electron chi connectivity index (χ0n) is 19.3. The predicted octanol–water partition coefficient (Wildman–Crippen LogP) is 5.05. The lowest BCUT2D eigenvalue weighted by atomic mass is 9.79. The van der Waals surface area contributed by atoms with Crippen molar-refractivity contribution in [1.29, 1.82) is 0 Å². The van der Waals surface area contributed by atoms with Crippen molar-refractivity contribution in [2.45, 2.75) is 37.6 Å². The molecule has 7 nitrogen and oxygen atoms in total. The smallest absolute Gasteiger partial charge is 0.163 e. The molecule has 0 bridgehead atoms. The van der Waals surface area contributed by atoms with Crippen LogP contribution in [-0.4, -0.2) is 44.1 Å². The van der Waals surface area contributed by atoms with E-state index < -0.39 is 0 Å². The molecule has 2 aliphatic heterocycles. The Balaban J connectivity index is 1.42. The number of para-hydroxylation sites is 1. The van der Waals surface area contributed by atoms with Crippen LogP contribution in [0.25, 0.3) is 44.2 Å². The maximum atomic E-state index is 5.33. The van der Waals surface area contributed by atoms with Crippen LogP contribution < -0.4 is 10.2 Å². The van der Waals surface area contributed by atoms with Gasteiger partial charge >= 0.3 is 0 Å². The molecule has 0 amide bonds. The zero-order valence-corrected chi connectivity index (χ0v) is 19.3. The summed E-state index contributed by atoms with van der Waals surface area (Å²) < 4.78 is 0. The van der Waals surface area contributed by atoms with Crippen LogP contribution in [0.2, 0.25) is 0 Å². The maximum absolute atomic E-state index is 5.33. The summed E-state index contributed by atoms with van der Waals surface area (Å²) in [6.45, 7) is 1.88. The lowest BCUT2D eigenvalue weighted by Crippen LogP contribution is -2.24. The predicted molar refractivity (Wildman–Crippen MR) is 138 cm³/mol. The molecule has 1 aliphatic carbocycles. The normalized spacial score (nSPS) is 20.1. The molecule has 172 valence electrons. The van der Waals surface area contributed by atoms with Crippen LogP contribution in [0.5, 0.6) is 0 Å². The Morgan fingerprint density at radius 2 is 1.91 bits per heavy atom. The van der Waals surface area contributed by atoms with E-state index in [1.54, 1.807) is 0 Å². The molecule has 7 heteroatoms. The second kappa shape index (κ2) is 7.33. The van der Waals surface area contributed by atoms with Crippen LogP contribution in [-0.2, 0) is 0 Å². The number of aromatic nitrogens is 5. The third-order valence-corrected chi connectivity index (χ3v) is 8.04. The van der Waals surface area contributed by atoms with E-state index in [0.29, 0.717) is 12.0 Å². The topological polar surface area (TPSA) is 82.6 Å². The molecule has 1 atom stereocenters. The average molecular weight is 460 g/mol. The first-order valence-electron chi connectivity index (χ1n) is 12.6. The van der Waals surface area contributed by atoms with Crippen molar-refractivity contribution in [2.24, 2.45) is 0 Å². The largest absolute Gasteiger partial charge is 0.339 e. The summed E-state index contributed by atoms with van der Waals surface area (Å²) in [7, 11) is 0. The highest BCUT2D eigenvalue weighted by Crippen LogP contribution is 2.44. The highest BCUT2D eigenvalue weighted by Gasteiger charge is 2.34. The number of H-pyrrole nitrogens is 1. The van der Waals surface area contributed by atoms with Gasteiger partial charge < -0.3 is 15.2 Å². The number of pyridine rings is 2. The molecule has 5 aromatic rings. The second-order valence-electron chi connectivity index (χ2n) is 9.90. The number of anilines is 1.